The Morgan fingerprint density at radius 2 is 1.58 bits per heavy atom. The Labute approximate surface area is 275 Å². The molecule has 8 atom stereocenters. The normalized spacial score (nSPS) is 34.4. The number of nitrogens with one attached hydrogen (secondary N) is 3. The summed E-state index contributed by atoms with van der Waals surface area (Å²) >= 11 is 0. The number of hydrogen-bond acceptors (Lipinski definition) is 6. The minimum atomic E-state index is -0.682. The minimum Gasteiger partial charge on any atom is -0.481 e. The number of aliphatic hydroxyl groups excluding tert-OH is 1. The van der Waals surface area contributed by atoms with Crippen LogP contribution in [0.1, 0.15) is 118 Å². The van der Waals surface area contributed by atoms with Crippen LogP contribution >= 0.6 is 0 Å². The van der Waals surface area contributed by atoms with Crippen molar-refractivity contribution in [3.05, 3.63) is 22.8 Å². The van der Waals surface area contributed by atoms with Gasteiger partial charge in [0.15, 0.2) is 0 Å². The first-order valence-electron chi connectivity index (χ1n) is 18.7. The van der Waals surface area contributed by atoms with Crippen molar-refractivity contribution in [2.75, 3.05) is 45.8 Å². The summed E-state index contributed by atoms with van der Waals surface area (Å²) in [6.07, 6.45) is 17.9. The van der Waals surface area contributed by atoms with Crippen LogP contribution in [0.15, 0.2) is 22.8 Å². The van der Waals surface area contributed by atoms with Crippen molar-refractivity contribution in [3.8, 4) is 0 Å². The number of unbranched alkanes of at least 4 members (excludes halogenated alkanes) is 1. The second-order valence-corrected chi connectivity index (χ2v) is 15.8. The number of nitrogens with two attached hydrogens (primary N) is 1. The van der Waals surface area contributed by atoms with Crippen molar-refractivity contribution in [1.29, 1.82) is 0 Å². The summed E-state index contributed by atoms with van der Waals surface area (Å²) in [5.41, 5.74) is 10.7. The van der Waals surface area contributed by atoms with Gasteiger partial charge in [0.25, 0.3) is 0 Å². The summed E-state index contributed by atoms with van der Waals surface area (Å²) in [4.78, 5) is 11.3. The molecule has 0 amide bonds. The quantitative estimate of drug-likeness (QED) is 0.0763. The van der Waals surface area contributed by atoms with Crippen LogP contribution in [-0.4, -0.2) is 68.1 Å². The SMILES string of the molecule is C/C(CCC[C@@H](C)C(=O)O)=C1/CCC2C3C(CC[C@]12C)[C@@]1(C)CCC(CNCCCNCCCCNCCCN)C=C1C[C@H]3O. The summed E-state index contributed by atoms with van der Waals surface area (Å²) in [7, 11) is 0. The number of fused-ring (bicyclic) bond motifs is 5. The van der Waals surface area contributed by atoms with Gasteiger partial charge in [-0.15, -0.1) is 0 Å². The van der Waals surface area contributed by atoms with Gasteiger partial charge >= 0.3 is 5.97 Å². The van der Waals surface area contributed by atoms with Crippen LogP contribution in [-0.2, 0) is 4.79 Å². The van der Waals surface area contributed by atoms with E-state index in [2.05, 4.69) is 42.8 Å². The Hall–Kier alpha value is -1.25. The molecule has 7 heteroatoms. The van der Waals surface area contributed by atoms with E-state index in [0.717, 1.165) is 90.8 Å². The van der Waals surface area contributed by atoms with Gasteiger partial charge < -0.3 is 31.9 Å². The number of carbonyl (C=O) groups is 1. The van der Waals surface area contributed by atoms with Gasteiger partial charge in [-0.3, -0.25) is 4.79 Å². The van der Waals surface area contributed by atoms with E-state index in [4.69, 9.17) is 5.73 Å². The second kappa shape index (κ2) is 17.2. The summed E-state index contributed by atoms with van der Waals surface area (Å²) < 4.78 is 0. The predicted octanol–water partition coefficient (Wildman–Crippen LogP) is 6.03. The predicted molar refractivity (Wildman–Crippen MR) is 186 cm³/mol. The molecule has 0 heterocycles. The molecule has 0 spiro atoms. The minimum absolute atomic E-state index is 0.194. The third-order valence-electron chi connectivity index (χ3n) is 12.8. The molecule has 0 bridgehead atoms. The number of rotatable bonds is 19. The van der Waals surface area contributed by atoms with Crippen molar-refractivity contribution in [2.24, 2.45) is 46.2 Å². The third kappa shape index (κ3) is 9.01. The van der Waals surface area contributed by atoms with Crippen molar-refractivity contribution in [3.63, 3.8) is 0 Å². The van der Waals surface area contributed by atoms with Crippen LogP contribution in [0, 0.1) is 40.4 Å². The maximum atomic E-state index is 11.7. The summed E-state index contributed by atoms with van der Waals surface area (Å²) in [5.74, 6) is 1.19. The van der Waals surface area contributed by atoms with E-state index >= 15 is 0 Å². The molecule has 3 saturated carbocycles. The van der Waals surface area contributed by atoms with Crippen molar-refractivity contribution < 1.29 is 15.0 Å². The van der Waals surface area contributed by atoms with Crippen LogP contribution in [0.4, 0.5) is 0 Å². The molecule has 4 rings (SSSR count). The zero-order valence-corrected chi connectivity index (χ0v) is 29.3. The molecule has 4 aliphatic rings. The van der Waals surface area contributed by atoms with Crippen molar-refractivity contribution in [2.45, 2.75) is 124 Å². The lowest BCUT2D eigenvalue weighted by molar-refractivity contribution is -0.141. The van der Waals surface area contributed by atoms with Crippen LogP contribution in [0.2, 0.25) is 0 Å². The van der Waals surface area contributed by atoms with Gasteiger partial charge in [0.05, 0.1) is 12.0 Å². The molecule has 45 heavy (non-hydrogen) atoms. The molecule has 258 valence electrons. The number of allylic oxidation sites excluding steroid dienone is 2. The summed E-state index contributed by atoms with van der Waals surface area (Å²) in [5, 5.41) is 31.8. The average Bonchev–Trinajstić information content (AvgIpc) is 3.37. The standard InChI is InChI=1S/C38H68N4O3/c1-27(10-7-11-28(2)36(44)45)31-12-13-32-35-33(15-17-38(31,32)4)37(3)16-14-29(24-30(37)25-34(35)43)26-42-23-9-22-41-20-6-5-19-40-21-8-18-39/h24,28-29,32-35,40-43H,5-23,25-26,39H2,1-4H3,(H,44,45)/b31-27+/t28-,29?,32?,33?,34-,35?,37+,38-/m1/s1. The highest BCUT2D eigenvalue weighted by Crippen LogP contribution is 2.67. The van der Waals surface area contributed by atoms with Crippen LogP contribution in [0.3, 0.4) is 0 Å². The lowest BCUT2D eigenvalue weighted by Crippen LogP contribution is -2.55. The van der Waals surface area contributed by atoms with Crippen LogP contribution < -0.4 is 21.7 Å². The molecule has 0 aromatic rings. The van der Waals surface area contributed by atoms with E-state index in [0.29, 0.717) is 23.7 Å². The monoisotopic (exact) mass is 629 g/mol. The van der Waals surface area contributed by atoms with E-state index in [1.54, 1.807) is 11.1 Å². The largest absolute Gasteiger partial charge is 0.481 e. The van der Waals surface area contributed by atoms with Crippen LogP contribution in [0.25, 0.3) is 0 Å². The topological polar surface area (TPSA) is 120 Å². The second-order valence-electron chi connectivity index (χ2n) is 15.8. The molecular weight excluding hydrogens is 560 g/mol. The number of aliphatic hydroxyl groups is 1. The highest BCUT2D eigenvalue weighted by Gasteiger charge is 2.60. The summed E-state index contributed by atoms with van der Waals surface area (Å²) in [6, 6.07) is 0. The van der Waals surface area contributed by atoms with Gasteiger partial charge in [-0.2, -0.15) is 0 Å². The number of carboxylic acid groups (broad SMARTS) is 1. The number of aliphatic carboxylic acids is 1. The first-order chi connectivity index (χ1) is 21.6. The Balaban J connectivity index is 1.23. The van der Waals surface area contributed by atoms with E-state index in [1.165, 1.54) is 50.5 Å². The molecule has 0 aromatic carbocycles. The first-order valence-corrected chi connectivity index (χ1v) is 18.7. The van der Waals surface area contributed by atoms with E-state index in [9.17, 15) is 15.0 Å². The fourth-order valence-corrected chi connectivity index (χ4v) is 9.99. The van der Waals surface area contributed by atoms with Gasteiger partial charge in [-0.05, 0) is 171 Å². The molecule has 0 aromatic heterocycles. The van der Waals surface area contributed by atoms with Gasteiger partial charge in [0, 0.05) is 6.54 Å². The fraction of sp³-hybridized carbons (Fsp3) is 0.868. The maximum Gasteiger partial charge on any atom is 0.306 e. The van der Waals surface area contributed by atoms with Gasteiger partial charge in [-0.25, -0.2) is 0 Å². The first kappa shape index (κ1) is 36.6. The molecular formula is C38H68N4O3. The third-order valence-corrected chi connectivity index (χ3v) is 12.8. The van der Waals surface area contributed by atoms with Crippen LogP contribution in [0.5, 0.6) is 0 Å². The molecule has 4 aliphatic carbocycles. The van der Waals surface area contributed by atoms with E-state index in [-0.39, 0.29) is 22.9 Å². The van der Waals surface area contributed by atoms with Crippen molar-refractivity contribution >= 4 is 5.97 Å². The maximum absolute atomic E-state index is 11.7. The molecule has 7 N–H and O–H groups in total. The van der Waals surface area contributed by atoms with Gasteiger partial charge in [-0.1, -0.05) is 43.6 Å². The molecule has 7 nitrogen and oxygen atoms in total. The lowest BCUT2D eigenvalue weighted by Gasteiger charge is -2.59. The lowest BCUT2D eigenvalue weighted by atomic mass is 9.46. The molecule has 4 unspecified atom stereocenters. The van der Waals surface area contributed by atoms with E-state index < -0.39 is 5.97 Å². The zero-order valence-electron chi connectivity index (χ0n) is 29.3. The number of hydrogen-bond donors (Lipinski definition) is 6. The van der Waals surface area contributed by atoms with Crippen molar-refractivity contribution in [1.82, 2.24) is 16.0 Å². The Bertz CT molecular complexity index is 1010. The fourth-order valence-electron chi connectivity index (χ4n) is 9.99. The Kier molecular flexibility index (Phi) is 14.0. The highest BCUT2D eigenvalue weighted by molar-refractivity contribution is 5.69. The Morgan fingerprint density at radius 3 is 2.29 bits per heavy atom. The number of carboxylic acids is 1. The van der Waals surface area contributed by atoms with Gasteiger partial charge in [0.1, 0.15) is 0 Å². The van der Waals surface area contributed by atoms with E-state index in [1.807, 2.05) is 6.92 Å². The zero-order chi connectivity index (χ0) is 32.5. The highest BCUT2D eigenvalue weighted by atomic mass is 16.4. The summed E-state index contributed by atoms with van der Waals surface area (Å²) in [6.45, 7) is 16.4. The molecule has 3 fully saturated rings. The molecule has 0 radical (unpaired) electrons. The van der Waals surface area contributed by atoms with Gasteiger partial charge in [0.2, 0.25) is 0 Å². The molecule has 0 saturated heterocycles. The Morgan fingerprint density at radius 1 is 0.933 bits per heavy atom. The molecule has 0 aliphatic heterocycles. The average molecular weight is 629 g/mol. The smallest absolute Gasteiger partial charge is 0.306 e.